The number of hydrogen-bond donors (Lipinski definition) is 2. The maximum Gasteiger partial charge on any atom is 0.252 e. The molecule has 0 unspecified atom stereocenters. The van der Waals surface area contributed by atoms with Crippen molar-refractivity contribution < 1.29 is 0 Å². The Hall–Kier alpha value is -0.700. The van der Waals surface area contributed by atoms with Gasteiger partial charge in [-0.1, -0.05) is 0 Å². The van der Waals surface area contributed by atoms with Crippen molar-refractivity contribution in [3.63, 3.8) is 0 Å². The number of H-pyrrole nitrogens is 1. The minimum absolute atomic E-state index is 0.0162. The largest absolute Gasteiger partial charge is 0.326 e. The van der Waals surface area contributed by atoms with Gasteiger partial charge in [-0.25, -0.2) is 0 Å². The predicted molar refractivity (Wildman–Crippen MR) is 49.2 cm³/mol. The average Bonchev–Trinajstić information content (AvgIpc) is 1.85. The van der Waals surface area contributed by atoms with Crippen molar-refractivity contribution in [1.82, 2.24) is 4.98 Å². The molecule has 0 aromatic carbocycles. The second-order valence-electron chi connectivity index (χ2n) is 2.60. The van der Waals surface area contributed by atoms with Crippen LogP contribution in [0.25, 0.3) is 0 Å². The highest BCUT2D eigenvalue weighted by Crippen LogP contribution is 2.04. The Morgan fingerprint density at radius 1 is 1.55 bits per heavy atom. The van der Waals surface area contributed by atoms with Gasteiger partial charge in [-0.2, -0.15) is 12.6 Å². The van der Waals surface area contributed by atoms with E-state index in [4.69, 9.17) is 0 Å². The summed E-state index contributed by atoms with van der Waals surface area (Å²) < 4.78 is 0. The summed E-state index contributed by atoms with van der Waals surface area (Å²) in [4.78, 5) is 13.9. The van der Waals surface area contributed by atoms with E-state index >= 15 is 0 Å². The van der Waals surface area contributed by atoms with Crippen LogP contribution in [0.1, 0.15) is 16.8 Å². The van der Waals surface area contributed by atoms with Gasteiger partial charge in [0.25, 0.3) is 5.56 Å². The Morgan fingerprint density at radius 3 is 2.64 bits per heavy atom. The summed E-state index contributed by atoms with van der Waals surface area (Å²) in [6, 6.07) is 1.95. The monoisotopic (exact) mass is 169 g/mol. The van der Waals surface area contributed by atoms with Gasteiger partial charge < -0.3 is 4.98 Å². The fourth-order valence-corrected chi connectivity index (χ4v) is 1.47. The van der Waals surface area contributed by atoms with Crippen LogP contribution < -0.4 is 5.56 Å². The zero-order chi connectivity index (χ0) is 8.43. The lowest BCUT2D eigenvalue weighted by atomic mass is 10.1. The van der Waals surface area contributed by atoms with Crippen molar-refractivity contribution in [3.8, 4) is 0 Å². The van der Waals surface area contributed by atoms with Crippen molar-refractivity contribution in [2.75, 3.05) is 0 Å². The first-order chi connectivity index (χ1) is 5.15. The molecule has 1 aromatic rings. The van der Waals surface area contributed by atoms with Crippen molar-refractivity contribution in [3.05, 3.63) is 33.2 Å². The SMILES string of the molecule is Cc1cc(C)c(CS)c(=O)[nH]1. The molecule has 0 bridgehead atoms. The highest BCUT2D eigenvalue weighted by Gasteiger charge is 2.01. The number of pyridine rings is 1. The van der Waals surface area contributed by atoms with E-state index in [-0.39, 0.29) is 5.56 Å². The standard InChI is InChI=1S/C8H11NOS/c1-5-3-6(2)9-8(10)7(5)4-11/h3,11H,4H2,1-2H3,(H,9,10). The van der Waals surface area contributed by atoms with Crippen molar-refractivity contribution in [1.29, 1.82) is 0 Å². The van der Waals surface area contributed by atoms with Crippen LogP contribution in [-0.2, 0) is 5.75 Å². The molecule has 0 atom stereocenters. The minimum Gasteiger partial charge on any atom is -0.326 e. The molecule has 0 fully saturated rings. The number of aromatic nitrogens is 1. The first-order valence-corrected chi connectivity index (χ1v) is 4.08. The normalized spacial score (nSPS) is 10.1. The Kier molecular flexibility index (Phi) is 2.39. The summed E-state index contributed by atoms with van der Waals surface area (Å²) in [6.45, 7) is 3.80. The van der Waals surface area contributed by atoms with E-state index in [1.54, 1.807) is 0 Å². The molecule has 0 saturated heterocycles. The zero-order valence-electron chi connectivity index (χ0n) is 6.64. The third-order valence-corrected chi connectivity index (χ3v) is 1.97. The summed E-state index contributed by atoms with van der Waals surface area (Å²) in [5, 5.41) is 0. The van der Waals surface area contributed by atoms with Crippen molar-refractivity contribution in [2.24, 2.45) is 0 Å². The van der Waals surface area contributed by atoms with Crippen LogP contribution in [-0.4, -0.2) is 4.98 Å². The molecule has 0 aliphatic heterocycles. The molecular formula is C8H11NOS. The fraction of sp³-hybridized carbons (Fsp3) is 0.375. The van der Waals surface area contributed by atoms with Gasteiger partial charge in [0.15, 0.2) is 0 Å². The second kappa shape index (κ2) is 3.13. The third-order valence-electron chi connectivity index (χ3n) is 1.65. The molecule has 1 heterocycles. The van der Waals surface area contributed by atoms with Crippen LogP contribution in [0.4, 0.5) is 0 Å². The van der Waals surface area contributed by atoms with Crippen LogP contribution in [0.5, 0.6) is 0 Å². The molecule has 0 radical (unpaired) electrons. The Labute approximate surface area is 71.1 Å². The molecule has 0 amide bonds. The lowest BCUT2D eigenvalue weighted by Crippen LogP contribution is -2.13. The number of nitrogens with one attached hydrogen (secondary N) is 1. The number of thiol groups is 1. The van der Waals surface area contributed by atoms with Gasteiger partial charge in [0.1, 0.15) is 0 Å². The average molecular weight is 169 g/mol. The van der Waals surface area contributed by atoms with E-state index in [1.807, 2.05) is 19.9 Å². The summed E-state index contributed by atoms with van der Waals surface area (Å²) in [5.74, 6) is 0.501. The molecular weight excluding hydrogens is 158 g/mol. The van der Waals surface area contributed by atoms with E-state index in [2.05, 4.69) is 17.6 Å². The lowest BCUT2D eigenvalue weighted by molar-refractivity contribution is 1.07. The topological polar surface area (TPSA) is 32.9 Å². The highest BCUT2D eigenvalue weighted by molar-refractivity contribution is 7.79. The number of rotatable bonds is 1. The van der Waals surface area contributed by atoms with Crippen molar-refractivity contribution in [2.45, 2.75) is 19.6 Å². The molecule has 0 aliphatic rings. The van der Waals surface area contributed by atoms with E-state index in [9.17, 15) is 4.79 Å². The molecule has 1 N–H and O–H groups in total. The van der Waals surface area contributed by atoms with Crippen molar-refractivity contribution >= 4 is 12.6 Å². The van der Waals surface area contributed by atoms with E-state index in [0.29, 0.717) is 5.75 Å². The number of hydrogen-bond acceptors (Lipinski definition) is 2. The fourth-order valence-electron chi connectivity index (χ4n) is 1.08. The van der Waals surface area contributed by atoms with Gasteiger partial charge in [0.2, 0.25) is 0 Å². The smallest absolute Gasteiger partial charge is 0.252 e. The second-order valence-corrected chi connectivity index (χ2v) is 2.92. The number of aryl methyl sites for hydroxylation is 2. The van der Waals surface area contributed by atoms with Crippen LogP contribution in [0.2, 0.25) is 0 Å². The number of aromatic amines is 1. The summed E-state index contributed by atoms with van der Waals surface area (Å²) in [7, 11) is 0. The molecule has 3 heteroatoms. The maximum absolute atomic E-state index is 11.2. The van der Waals surface area contributed by atoms with Crippen LogP contribution in [0.3, 0.4) is 0 Å². The first kappa shape index (κ1) is 8.40. The Morgan fingerprint density at radius 2 is 2.18 bits per heavy atom. The lowest BCUT2D eigenvalue weighted by Gasteiger charge is -2.01. The zero-order valence-corrected chi connectivity index (χ0v) is 7.53. The van der Waals surface area contributed by atoms with Gasteiger partial charge in [0.05, 0.1) is 0 Å². The molecule has 1 rings (SSSR count). The summed E-state index contributed by atoms with van der Waals surface area (Å²) in [5.41, 5.74) is 2.66. The van der Waals surface area contributed by atoms with E-state index in [0.717, 1.165) is 16.8 Å². The van der Waals surface area contributed by atoms with Crippen LogP contribution in [0.15, 0.2) is 10.9 Å². The highest BCUT2D eigenvalue weighted by atomic mass is 32.1. The van der Waals surface area contributed by atoms with Crippen LogP contribution >= 0.6 is 12.6 Å². The predicted octanol–water partition coefficient (Wildman–Crippen LogP) is 1.42. The maximum atomic E-state index is 11.2. The Balaban J connectivity index is 3.37. The van der Waals surface area contributed by atoms with Gasteiger partial charge in [-0.3, -0.25) is 4.79 Å². The van der Waals surface area contributed by atoms with E-state index in [1.165, 1.54) is 0 Å². The summed E-state index contributed by atoms with van der Waals surface area (Å²) >= 11 is 4.06. The van der Waals surface area contributed by atoms with Gasteiger partial charge in [0, 0.05) is 17.0 Å². The molecule has 60 valence electrons. The van der Waals surface area contributed by atoms with Gasteiger partial charge >= 0.3 is 0 Å². The third kappa shape index (κ3) is 1.66. The van der Waals surface area contributed by atoms with E-state index < -0.39 is 0 Å². The van der Waals surface area contributed by atoms with Crippen LogP contribution in [0, 0.1) is 13.8 Å². The quantitative estimate of drug-likeness (QED) is 0.612. The molecule has 11 heavy (non-hydrogen) atoms. The Bertz CT molecular complexity index is 316. The van der Waals surface area contributed by atoms with Gasteiger partial charge in [-0.15, -0.1) is 0 Å². The molecule has 2 nitrogen and oxygen atoms in total. The molecule has 1 aromatic heterocycles. The molecule has 0 saturated carbocycles. The molecule has 0 spiro atoms. The molecule has 0 aliphatic carbocycles. The first-order valence-electron chi connectivity index (χ1n) is 3.45. The summed E-state index contributed by atoms with van der Waals surface area (Å²) in [6.07, 6.45) is 0. The van der Waals surface area contributed by atoms with Gasteiger partial charge in [-0.05, 0) is 25.5 Å². The minimum atomic E-state index is -0.0162.